The third kappa shape index (κ3) is 18.5. The van der Waals surface area contributed by atoms with Gasteiger partial charge >= 0.3 is 23.9 Å². The van der Waals surface area contributed by atoms with E-state index in [1.54, 1.807) is 4.90 Å². The molecule has 0 saturated carbocycles. The predicted molar refractivity (Wildman–Crippen MR) is 168 cm³/mol. The average molecular weight is 630 g/mol. The molecule has 0 radical (unpaired) electrons. The summed E-state index contributed by atoms with van der Waals surface area (Å²) in [5, 5.41) is 9.55. The Bertz CT molecular complexity index is 879. The summed E-state index contributed by atoms with van der Waals surface area (Å²) < 4.78 is 16.9. The van der Waals surface area contributed by atoms with Crippen LogP contribution in [0.15, 0.2) is 0 Å². The third-order valence-electron chi connectivity index (χ3n) is 6.58. The number of aliphatic carboxylic acids is 1. The first-order valence-electron chi connectivity index (χ1n) is 15.7. The minimum absolute atomic E-state index is 0.0245. The number of carbonyl (C=O) groups excluding carboxylic acids is 3. The third-order valence-corrected chi connectivity index (χ3v) is 6.58. The van der Waals surface area contributed by atoms with E-state index in [0.717, 1.165) is 0 Å². The van der Waals surface area contributed by atoms with E-state index in [1.807, 2.05) is 77.0 Å². The summed E-state index contributed by atoms with van der Waals surface area (Å²) in [6.45, 7) is 19.9. The topological polar surface area (TPSA) is 155 Å². The molecule has 1 atom stereocenters. The molecule has 13 heteroatoms. The van der Waals surface area contributed by atoms with E-state index in [9.17, 15) is 24.3 Å². The highest BCUT2D eigenvalue weighted by Gasteiger charge is 2.32. The van der Waals surface area contributed by atoms with Crippen LogP contribution in [0.5, 0.6) is 0 Å². The minimum Gasteiger partial charge on any atom is -0.480 e. The van der Waals surface area contributed by atoms with Gasteiger partial charge in [-0.3, -0.25) is 38.8 Å². The molecule has 13 nitrogen and oxygen atoms in total. The Labute approximate surface area is 264 Å². The van der Waals surface area contributed by atoms with Crippen molar-refractivity contribution in [2.24, 2.45) is 5.73 Å². The first-order valence-corrected chi connectivity index (χ1v) is 15.7. The van der Waals surface area contributed by atoms with Crippen molar-refractivity contribution in [3.63, 3.8) is 0 Å². The minimum atomic E-state index is -0.958. The molecule has 0 bridgehead atoms. The standard InChI is InChI=1S/C31H59N5O8/c1-29(2,3)42-26(39)22-34-15-13-33(21-25(37)38)14-16-35(23-27(40)43-30(4,5)6)18-20-36(19-17-34)24(11-10-12-32)28(41)44-31(7,8)9/h24H,10-23,32H2,1-9H3,(H,37,38). The van der Waals surface area contributed by atoms with Crippen molar-refractivity contribution in [2.45, 2.75) is 98.0 Å². The molecular weight excluding hydrogens is 570 g/mol. The van der Waals surface area contributed by atoms with Crippen molar-refractivity contribution in [3.8, 4) is 0 Å². The number of carboxylic acids is 1. The van der Waals surface area contributed by atoms with Crippen LogP contribution in [0.2, 0.25) is 0 Å². The van der Waals surface area contributed by atoms with Crippen LogP contribution in [0.1, 0.15) is 75.2 Å². The number of nitrogens with two attached hydrogens (primary N) is 1. The molecule has 0 aliphatic carbocycles. The first-order chi connectivity index (χ1) is 20.2. The molecule has 0 amide bonds. The highest BCUT2D eigenvalue weighted by atomic mass is 16.6. The Morgan fingerprint density at radius 1 is 0.636 bits per heavy atom. The van der Waals surface area contributed by atoms with Crippen molar-refractivity contribution < 1.29 is 38.5 Å². The zero-order valence-electron chi connectivity index (χ0n) is 28.6. The lowest BCUT2D eigenvalue weighted by Crippen LogP contribution is -2.53. The maximum atomic E-state index is 13.5. The Morgan fingerprint density at radius 3 is 1.34 bits per heavy atom. The van der Waals surface area contributed by atoms with E-state index < -0.39 is 28.8 Å². The molecule has 0 aromatic carbocycles. The summed E-state index contributed by atoms with van der Waals surface area (Å²) >= 11 is 0. The molecule has 3 N–H and O–H groups in total. The molecule has 0 aromatic rings. The van der Waals surface area contributed by atoms with Crippen LogP contribution in [-0.2, 0) is 33.4 Å². The van der Waals surface area contributed by atoms with Gasteiger partial charge in [-0.05, 0) is 81.7 Å². The predicted octanol–water partition coefficient (Wildman–Crippen LogP) is 1.43. The van der Waals surface area contributed by atoms with Gasteiger partial charge < -0.3 is 25.1 Å². The second-order valence-corrected chi connectivity index (χ2v) is 14.4. The van der Waals surface area contributed by atoms with Crippen molar-refractivity contribution in [3.05, 3.63) is 0 Å². The van der Waals surface area contributed by atoms with Crippen molar-refractivity contribution in [2.75, 3.05) is 78.5 Å². The lowest BCUT2D eigenvalue weighted by molar-refractivity contribution is -0.163. The molecular formula is C31H59N5O8. The largest absolute Gasteiger partial charge is 0.480 e. The second kappa shape index (κ2) is 18.0. The van der Waals surface area contributed by atoms with Gasteiger partial charge in [0.1, 0.15) is 22.8 Å². The zero-order chi connectivity index (χ0) is 33.7. The number of hydrogen-bond acceptors (Lipinski definition) is 12. The fourth-order valence-electron chi connectivity index (χ4n) is 4.77. The highest BCUT2D eigenvalue weighted by molar-refractivity contribution is 5.76. The normalized spacial score (nSPS) is 18.5. The summed E-state index contributed by atoms with van der Waals surface area (Å²) in [6.07, 6.45) is 1.11. The van der Waals surface area contributed by atoms with Crippen LogP contribution in [0.3, 0.4) is 0 Å². The number of esters is 3. The average Bonchev–Trinajstić information content (AvgIpc) is 2.81. The van der Waals surface area contributed by atoms with Gasteiger partial charge in [-0.25, -0.2) is 0 Å². The Kier molecular flexibility index (Phi) is 16.2. The zero-order valence-corrected chi connectivity index (χ0v) is 28.6. The molecule has 1 fully saturated rings. The molecule has 1 rings (SSSR count). The Hall–Kier alpha value is -2.32. The number of nitrogens with zero attached hydrogens (tertiary/aromatic N) is 4. The van der Waals surface area contributed by atoms with Gasteiger partial charge in [0, 0.05) is 52.4 Å². The van der Waals surface area contributed by atoms with Gasteiger partial charge in [-0.15, -0.1) is 0 Å². The smallest absolute Gasteiger partial charge is 0.323 e. The van der Waals surface area contributed by atoms with Gasteiger partial charge in [0.15, 0.2) is 0 Å². The maximum absolute atomic E-state index is 13.5. The number of carboxylic acid groups (broad SMARTS) is 1. The van der Waals surface area contributed by atoms with Gasteiger partial charge in [0.2, 0.25) is 0 Å². The van der Waals surface area contributed by atoms with Gasteiger partial charge in [0.25, 0.3) is 0 Å². The highest BCUT2D eigenvalue weighted by Crippen LogP contribution is 2.17. The lowest BCUT2D eigenvalue weighted by Gasteiger charge is -2.37. The molecule has 1 aliphatic rings. The summed E-state index contributed by atoms with van der Waals surface area (Å²) in [7, 11) is 0. The van der Waals surface area contributed by atoms with E-state index in [1.165, 1.54) is 0 Å². The summed E-state index contributed by atoms with van der Waals surface area (Å²) in [5.41, 5.74) is 3.87. The van der Waals surface area contributed by atoms with Crippen molar-refractivity contribution in [1.82, 2.24) is 19.6 Å². The number of rotatable bonds is 11. The molecule has 0 aromatic heterocycles. The quantitative estimate of drug-likeness (QED) is 0.250. The van der Waals surface area contributed by atoms with Crippen LogP contribution in [0.4, 0.5) is 0 Å². The maximum Gasteiger partial charge on any atom is 0.323 e. The Balaban J connectivity index is 3.38. The number of carbonyl (C=O) groups is 4. The molecule has 1 aliphatic heterocycles. The summed E-state index contributed by atoms with van der Waals surface area (Å²) in [4.78, 5) is 58.5. The molecule has 0 spiro atoms. The van der Waals surface area contributed by atoms with Crippen LogP contribution in [0, 0.1) is 0 Å². The summed E-state index contributed by atoms with van der Waals surface area (Å²) in [6, 6.07) is -0.573. The molecule has 44 heavy (non-hydrogen) atoms. The van der Waals surface area contributed by atoms with Crippen LogP contribution in [0.25, 0.3) is 0 Å². The molecule has 256 valence electrons. The lowest BCUT2D eigenvalue weighted by atomic mass is 10.1. The molecule has 1 saturated heterocycles. The second-order valence-electron chi connectivity index (χ2n) is 14.4. The van der Waals surface area contributed by atoms with E-state index in [0.29, 0.717) is 71.7 Å². The molecule has 1 heterocycles. The summed E-state index contributed by atoms with van der Waals surface area (Å²) in [5.74, 6) is -2.06. The Morgan fingerprint density at radius 2 is 1.00 bits per heavy atom. The SMILES string of the molecule is CC(C)(C)OC(=O)CN1CCN(CC(=O)O)CCN(CC(=O)OC(C)(C)C)CCN(C(CCCN)C(=O)OC(C)(C)C)CC1. The van der Waals surface area contributed by atoms with Gasteiger partial charge in [-0.2, -0.15) is 0 Å². The van der Waals surface area contributed by atoms with Gasteiger partial charge in [-0.1, -0.05) is 0 Å². The fourth-order valence-corrected chi connectivity index (χ4v) is 4.77. The first kappa shape index (κ1) is 39.7. The van der Waals surface area contributed by atoms with E-state index in [4.69, 9.17) is 19.9 Å². The number of ether oxygens (including phenoxy) is 3. The molecule has 1 unspecified atom stereocenters. The van der Waals surface area contributed by atoms with E-state index in [-0.39, 0.29) is 37.5 Å². The van der Waals surface area contributed by atoms with Crippen molar-refractivity contribution >= 4 is 23.9 Å². The van der Waals surface area contributed by atoms with Gasteiger partial charge in [0.05, 0.1) is 19.6 Å². The fraction of sp³-hybridized carbons (Fsp3) is 0.871. The van der Waals surface area contributed by atoms with Crippen LogP contribution >= 0.6 is 0 Å². The van der Waals surface area contributed by atoms with Crippen molar-refractivity contribution in [1.29, 1.82) is 0 Å². The van der Waals surface area contributed by atoms with E-state index in [2.05, 4.69) is 0 Å². The van der Waals surface area contributed by atoms with Crippen LogP contribution in [-0.4, -0.2) is 150 Å². The monoisotopic (exact) mass is 629 g/mol. The van der Waals surface area contributed by atoms with Crippen LogP contribution < -0.4 is 5.73 Å². The van der Waals surface area contributed by atoms with E-state index >= 15 is 0 Å². The number of hydrogen-bond donors (Lipinski definition) is 2.